The topological polar surface area (TPSA) is 26.3 Å². The second-order valence-corrected chi connectivity index (χ2v) is 6.20. The Bertz CT molecular complexity index is 325. The van der Waals surface area contributed by atoms with Crippen LogP contribution in [0.1, 0.15) is 58.8 Å². The average molecular weight is 222 g/mol. The zero-order valence-corrected chi connectivity index (χ0v) is 10.4. The minimum atomic E-state index is -0.386. The van der Waals surface area contributed by atoms with E-state index < -0.39 is 0 Å². The van der Waals surface area contributed by atoms with E-state index in [2.05, 4.69) is 13.8 Å². The number of rotatable bonds is 1. The highest BCUT2D eigenvalue weighted by Gasteiger charge is 2.66. The molecular weight excluding hydrogens is 200 g/mol. The first-order chi connectivity index (χ1) is 7.62. The fraction of sp³-hybridized carbons (Fsp3) is 0.929. The summed E-state index contributed by atoms with van der Waals surface area (Å²) in [5.41, 5.74) is -0.243. The molecule has 0 aromatic carbocycles. The van der Waals surface area contributed by atoms with Crippen molar-refractivity contribution in [2.45, 2.75) is 70.5 Å². The molecule has 1 aliphatic carbocycles. The number of ether oxygens (including phenoxy) is 1. The Morgan fingerprint density at radius 2 is 2.25 bits per heavy atom. The van der Waals surface area contributed by atoms with Gasteiger partial charge in [-0.05, 0) is 31.6 Å². The van der Waals surface area contributed by atoms with Crippen molar-refractivity contribution in [3.05, 3.63) is 0 Å². The number of ketones is 1. The molecule has 2 heteroatoms. The zero-order valence-electron chi connectivity index (χ0n) is 10.4. The summed E-state index contributed by atoms with van der Waals surface area (Å²) in [6.45, 7) is 4.52. The Morgan fingerprint density at radius 1 is 1.44 bits per heavy atom. The molecular formula is C14H22O2. The molecule has 2 bridgehead atoms. The first-order valence-corrected chi connectivity index (χ1v) is 6.83. The molecule has 2 nitrogen and oxygen atoms in total. The Balaban J connectivity index is 2.08. The fourth-order valence-electron chi connectivity index (χ4n) is 4.68. The highest BCUT2D eigenvalue weighted by Crippen LogP contribution is 2.61. The van der Waals surface area contributed by atoms with Gasteiger partial charge in [-0.2, -0.15) is 0 Å². The smallest absolute Gasteiger partial charge is 0.165 e. The summed E-state index contributed by atoms with van der Waals surface area (Å²) in [7, 11) is 0. The molecule has 1 saturated carbocycles. The standard InChI is InChI=1S/C14H22O2/c1-3-10-5-4-8-13(2)9-11-6-7-12(15)14(10,13)16-11/h10-11H,3-9H2,1-2H3/t10-,11-,13-,14+/m0/s1. The highest BCUT2D eigenvalue weighted by atomic mass is 16.5. The molecule has 2 saturated heterocycles. The van der Waals surface area contributed by atoms with Crippen LogP contribution in [0.4, 0.5) is 0 Å². The second-order valence-electron chi connectivity index (χ2n) is 6.20. The van der Waals surface area contributed by atoms with Gasteiger partial charge < -0.3 is 4.74 Å². The Kier molecular flexibility index (Phi) is 2.23. The lowest BCUT2D eigenvalue weighted by molar-refractivity contribution is -0.182. The SMILES string of the molecule is CC[C@H]1CCC[C@@]2(C)C[C@@H]3CCC(=O)[C@]12O3. The molecule has 0 aromatic rings. The van der Waals surface area contributed by atoms with Crippen molar-refractivity contribution in [1.82, 2.24) is 0 Å². The molecule has 3 fully saturated rings. The Morgan fingerprint density at radius 3 is 3.00 bits per heavy atom. The molecule has 16 heavy (non-hydrogen) atoms. The second kappa shape index (κ2) is 3.32. The summed E-state index contributed by atoms with van der Waals surface area (Å²) in [5.74, 6) is 0.888. The number of carbonyl (C=O) groups excluding carboxylic acids is 1. The van der Waals surface area contributed by atoms with Crippen LogP contribution >= 0.6 is 0 Å². The lowest BCUT2D eigenvalue weighted by Crippen LogP contribution is -2.58. The monoisotopic (exact) mass is 222 g/mol. The maximum Gasteiger partial charge on any atom is 0.165 e. The minimum absolute atomic E-state index is 0.143. The molecule has 4 atom stereocenters. The van der Waals surface area contributed by atoms with Crippen molar-refractivity contribution in [2.75, 3.05) is 0 Å². The van der Waals surface area contributed by atoms with E-state index in [0.29, 0.717) is 17.8 Å². The Labute approximate surface area is 97.7 Å². The van der Waals surface area contributed by atoms with Crippen LogP contribution in [0.25, 0.3) is 0 Å². The predicted octanol–water partition coefficient (Wildman–Crippen LogP) is 3.09. The van der Waals surface area contributed by atoms with Crippen molar-refractivity contribution in [3.63, 3.8) is 0 Å². The summed E-state index contributed by atoms with van der Waals surface area (Å²) >= 11 is 0. The van der Waals surface area contributed by atoms with Crippen LogP contribution < -0.4 is 0 Å². The zero-order chi connectivity index (χ0) is 11.4. The van der Waals surface area contributed by atoms with Gasteiger partial charge in [-0.25, -0.2) is 0 Å². The third-order valence-electron chi connectivity index (χ3n) is 5.38. The first-order valence-electron chi connectivity index (χ1n) is 6.83. The van der Waals surface area contributed by atoms with Gasteiger partial charge in [-0.15, -0.1) is 0 Å². The van der Waals surface area contributed by atoms with Gasteiger partial charge in [0.1, 0.15) is 5.60 Å². The van der Waals surface area contributed by atoms with Gasteiger partial charge in [0.2, 0.25) is 0 Å². The summed E-state index contributed by atoms with van der Waals surface area (Å²) in [5, 5.41) is 0. The van der Waals surface area contributed by atoms with Crippen LogP contribution in [0.5, 0.6) is 0 Å². The van der Waals surface area contributed by atoms with Gasteiger partial charge in [0.15, 0.2) is 5.78 Å². The number of carbonyl (C=O) groups is 1. The number of hydrogen-bond donors (Lipinski definition) is 0. The molecule has 0 N–H and O–H groups in total. The van der Waals surface area contributed by atoms with Crippen LogP contribution in [0.2, 0.25) is 0 Å². The van der Waals surface area contributed by atoms with Gasteiger partial charge in [-0.1, -0.05) is 26.7 Å². The largest absolute Gasteiger partial charge is 0.363 e. The first kappa shape index (κ1) is 10.8. The van der Waals surface area contributed by atoms with Gasteiger partial charge in [-0.3, -0.25) is 4.79 Å². The molecule has 0 amide bonds. The van der Waals surface area contributed by atoms with Crippen LogP contribution in [-0.4, -0.2) is 17.5 Å². The fourth-order valence-corrected chi connectivity index (χ4v) is 4.68. The number of hydrogen-bond acceptors (Lipinski definition) is 2. The maximum absolute atomic E-state index is 12.5. The summed E-state index contributed by atoms with van der Waals surface area (Å²) in [6, 6.07) is 0. The van der Waals surface area contributed by atoms with E-state index in [1.165, 1.54) is 19.3 Å². The van der Waals surface area contributed by atoms with Crippen molar-refractivity contribution in [3.8, 4) is 0 Å². The van der Waals surface area contributed by atoms with Crippen LogP contribution in [0, 0.1) is 11.3 Å². The van der Waals surface area contributed by atoms with E-state index in [0.717, 1.165) is 25.7 Å². The average Bonchev–Trinajstić information content (AvgIpc) is 2.53. The molecule has 3 aliphatic rings. The van der Waals surface area contributed by atoms with Crippen molar-refractivity contribution < 1.29 is 9.53 Å². The van der Waals surface area contributed by atoms with Crippen LogP contribution in [-0.2, 0) is 9.53 Å². The van der Waals surface area contributed by atoms with E-state index in [-0.39, 0.29) is 11.0 Å². The third kappa shape index (κ3) is 1.09. The van der Waals surface area contributed by atoms with Gasteiger partial charge in [0.25, 0.3) is 0 Å². The predicted molar refractivity (Wildman–Crippen MR) is 62.2 cm³/mol. The van der Waals surface area contributed by atoms with Gasteiger partial charge in [0, 0.05) is 11.8 Å². The lowest BCUT2D eigenvalue weighted by atomic mass is 9.57. The van der Waals surface area contributed by atoms with Gasteiger partial charge >= 0.3 is 0 Å². The molecule has 0 unspecified atom stereocenters. The van der Waals surface area contributed by atoms with E-state index in [1.807, 2.05) is 0 Å². The molecule has 90 valence electrons. The van der Waals surface area contributed by atoms with Gasteiger partial charge in [0.05, 0.1) is 6.10 Å². The van der Waals surface area contributed by atoms with E-state index in [1.54, 1.807) is 0 Å². The molecule has 0 aromatic heterocycles. The molecule has 2 heterocycles. The normalized spacial score (nSPS) is 51.5. The lowest BCUT2D eigenvalue weighted by Gasteiger charge is -2.50. The van der Waals surface area contributed by atoms with E-state index in [4.69, 9.17) is 4.74 Å². The van der Waals surface area contributed by atoms with Crippen molar-refractivity contribution in [1.29, 1.82) is 0 Å². The number of Topliss-reactive ketones (excluding diaryl/α,β-unsaturated/α-hetero) is 1. The maximum atomic E-state index is 12.5. The third-order valence-corrected chi connectivity index (χ3v) is 5.38. The van der Waals surface area contributed by atoms with E-state index >= 15 is 0 Å². The van der Waals surface area contributed by atoms with Crippen molar-refractivity contribution >= 4 is 5.78 Å². The molecule has 2 aliphatic heterocycles. The number of fused-ring (bicyclic) bond motifs is 1. The Hall–Kier alpha value is -0.370. The molecule has 1 spiro atoms. The minimum Gasteiger partial charge on any atom is -0.363 e. The summed E-state index contributed by atoms with van der Waals surface area (Å²) < 4.78 is 6.26. The molecule has 3 rings (SSSR count). The highest BCUT2D eigenvalue weighted by molar-refractivity contribution is 5.90. The summed E-state index contributed by atoms with van der Waals surface area (Å²) in [6.07, 6.45) is 7.96. The van der Waals surface area contributed by atoms with Crippen LogP contribution in [0.15, 0.2) is 0 Å². The van der Waals surface area contributed by atoms with E-state index in [9.17, 15) is 4.79 Å². The molecule has 0 radical (unpaired) electrons. The summed E-state index contributed by atoms with van der Waals surface area (Å²) in [4.78, 5) is 12.5. The van der Waals surface area contributed by atoms with Crippen LogP contribution in [0.3, 0.4) is 0 Å². The van der Waals surface area contributed by atoms with Crippen molar-refractivity contribution in [2.24, 2.45) is 11.3 Å². The quantitative estimate of drug-likeness (QED) is 0.681.